The van der Waals surface area contributed by atoms with Crippen LogP contribution in [0, 0.1) is 0 Å². The Labute approximate surface area is 121 Å². The second-order valence-corrected chi connectivity index (χ2v) is 5.38. The Balaban J connectivity index is 2.06. The summed E-state index contributed by atoms with van der Waals surface area (Å²) in [4.78, 5) is 8.37. The summed E-state index contributed by atoms with van der Waals surface area (Å²) in [6.07, 6.45) is 5.15. The summed E-state index contributed by atoms with van der Waals surface area (Å²) in [5.74, 6) is 1.46. The fourth-order valence-electron chi connectivity index (χ4n) is 1.51. The van der Waals surface area contributed by atoms with Gasteiger partial charge in [-0.05, 0) is 28.1 Å². The summed E-state index contributed by atoms with van der Waals surface area (Å²) >= 11 is 3.37. The van der Waals surface area contributed by atoms with Crippen LogP contribution in [0.2, 0.25) is 0 Å². The van der Waals surface area contributed by atoms with Gasteiger partial charge in [0, 0.05) is 35.5 Å². The molecule has 0 aliphatic heterocycles. The third-order valence-corrected chi connectivity index (χ3v) is 2.83. The number of aromatic nitrogens is 2. The summed E-state index contributed by atoms with van der Waals surface area (Å²) in [7, 11) is 0. The van der Waals surface area contributed by atoms with Crippen molar-refractivity contribution in [1.82, 2.24) is 15.3 Å². The zero-order valence-electron chi connectivity index (χ0n) is 10.9. The average Bonchev–Trinajstić information content (AvgIpc) is 2.37. The quantitative estimate of drug-likeness (QED) is 0.915. The van der Waals surface area contributed by atoms with Crippen molar-refractivity contribution in [3.63, 3.8) is 0 Å². The molecule has 2 heterocycles. The molecule has 0 aliphatic carbocycles. The molecular weight excluding hydrogens is 306 g/mol. The van der Waals surface area contributed by atoms with Crippen molar-refractivity contribution < 1.29 is 4.74 Å². The molecule has 19 heavy (non-hydrogen) atoms. The highest BCUT2D eigenvalue weighted by atomic mass is 79.9. The predicted molar refractivity (Wildman–Crippen MR) is 78.2 cm³/mol. The van der Waals surface area contributed by atoms with Crippen LogP contribution in [0.5, 0.6) is 11.5 Å². The van der Waals surface area contributed by atoms with Gasteiger partial charge in [-0.25, -0.2) is 0 Å². The molecule has 0 unspecified atom stereocenters. The van der Waals surface area contributed by atoms with Crippen LogP contribution < -0.4 is 10.1 Å². The van der Waals surface area contributed by atoms with Crippen LogP contribution in [0.15, 0.2) is 41.3 Å². The minimum absolute atomic E-state index is 0.431. The summed E-state index contributed by atoms with van der Waals surface area (Å²) < 4.78 is 6.64. The largest absolute Gasteiger partial charge is 0.456 e. The Morgan fingerprint density at radius 2 is 2.11 bits per heavy atom. The van der Waals surface area contributed by atoms with Crippen molar-refractivity contribution in [3.8, 4) is 11.5 Å². The van der Waals surface area contributed by atoms with Crippen molar-refractivity contribution in [2.24, 2.45) is 0 Å². The molecule has 0 aliphatic rings. The summed E-state index contributed by atoms with van der Waals surface area (Å²) in [6, 6.07) is 6.07. The average molecular weight is 322 g/mol. The number of nitrogens with zero attached hydrogens (tertiary/aromatic N) is 2. The monoisotopic (exact) mass is 321 g/mol. The van der Waals surface area contributed by atoms with Gasteiger partial charge in [0.15, 0.2) is 0 Å². The highest BCUT2D eigenvalue weighted by Crippen LogP contribution is 2.23. The van der Waals surface area contributed by atoms with Gasteiger partial charge in [-0.1, -0.05) is 13.8 Å². The number of hydrogen-bond donors (Lipinski definition) is 1. The Morgan fingerprint density at radius 1 is 1.26 bits per heavy atom. The molecule has 100 valence electrons. The Morgan fingerprint density at radius 3 is 2.84 bits per heavy atom. The molecule has 4 nitrogen and oxygen atoms in total. The Hall–Kier alpha value is -1.46. The van der Waals surface area contributed by atoms with Gasteiger partial charge in [-0.15, -0.1) is 0 Å². The van der Waals surface area contributed by atoms with Crippen LogP contribution in [0.3, 0.4) is 0 Å². The van der Waals surface area contributed by atoms with Crippen molar-refractivity contribution >= 4 is 15.9 Å². The lowest BCUT2D eigenvalue weighted by atomic mass is 10.3. The first-order valence-corrected chi connectivity index (χ1v) is 6.89. The van der Waals surface area contributed by atoms with Gasteiger partial charge in [-0.2, -0.15) is 0 Å². The van der Waals surface area contributed by atoms with E-state index < -0.39 is 0 Å². The third-order valence-electron chi connectivity index (χ3n) is 2.39. The standard InChI is InChI=1S/C14H16BrN3O/c1-10(2)18-8-12-6-13(3-4-17-12)19-14-5-11(15)7-16-9-14/h3-7,9-10,18H,8H2,1-2H3. The van der Waals surface area contributed by atoms with Crippen molar-refractivity contribution in [2.75, 3.05) is 0 Å². The van der Waals surface area contributed by atoms with Gasteiger partial charge < -0.3 is 10.1 Å². The van der Waals surface area contributed by atoms with Crippen molar-refractivity contribution in [3.05, 3.63) is 47.0 Å². The van der Waals surface area contributed by atoms with E-state index in [-0.39, 0.29) is 0 Å². The van der Waals surface area contributed by atoms with Gasteiger partial charge in [0.1, 0.15) is 11.5 Å². The molecule has 0 radical (unpaired) electrons. The number of halogens is 1. The molecule has 0 aromatic carbocycles. The van der Waals surface area contributed by atoms with E-state index in [1.165, 1.54) is 0 Å². The normalized spacial score (nSPS) is 10.7. The lowest BCUT2D eigenvalue weighted by Gasteiger charge is -2.09. The van der Waals surface area contributed by atoms with E-state index in [1.54, 1.807) is 18.6 Å². The van der Waals surface area contributed by atoms with Crippen LogP contribution >= 0.6 is 15.9 Å². The molecule has 5 heteroatoms. The van der Waals surface area contributed by atoms with E-state index in [0.717, 1.165) is 22.5 Å². The number of hydrogen-bond acceptors (Lipinski definition) is 4. The highest BCUT2D eigenvalue weighted by Gasteiger charge is 2.02. The maximum Gasteiger partial charge on any atom is 0.146 e. The maximum atomic E-state index is 5.75. The van der Waals surface area contributed by atoms with Gasteiger partial charge >= 0.3 is 0 Å². The molecule has 0 atom stereocenters. The first kappa shape index (κ1) is 14.0. The van der Waals surface area contributed by atoms with E-state index in [1.807, 2.05) is 18.2 Å². The van der Waals surface area contributed by atoms with E-state index in [0.29, 0.717) is 11.8 Å². The minimum Gasteiger partial charge on any atom is -0.456 e. The molecule has 2 aromatic heterocycles. The lowest BCUT2D eigenvalue weighted by molar-refractivity contribution is 0.477. The molecule has 1 N–H and O–H groups in total. The van der Waals surface area contributed by atoms with Gasteiger partial charge in [0.2, 0.25) is 0 Å². The molecule has 0 amide bonds. The molecular formula is C14H16BrN3O. The van der Waals surface area contributed by atoms with E-state index in [4.69, 9.17) is 4.74 Å². The number of rotatable bonds is 5. The molecule has 0 saturated carbocycles. The smallest absolute Gasteiger partial charge is 0.146 e. The topological polar surface area (TPSA) is 47.0 Å². The molecule has 0 fully saturated rings. The fraction of sp³-hybridized carbons (Fsp3) is 0.286. The van der Waals surface area contributed by atoms with Crippen LogP contribution in [0.1, 0.15) is 19.5 Å². The lowest BCUT2D eigenvalue weighted by Crippen LogP contribution is -2.22. The zero-order chi connectivity index (χ0) is 13.7. The van der Waals surface area contributed by atoms with E-state index in [9.17, 15) is 0 Å². The minimum atomic E-state index is 0.431. The number of nitrogens with one attached hydrogen (secondary N) is 1. The third kappa shape index (κ3) is 4.61. The van der Waals surface area contributed by atoms with Crippen LogP contribution in [0.4, 0.5) is 0 Å². The highest BCUT2D eigenvalue weighted by molar-refractivity contribution is 9.10. The molecule has 0 bridgehead atoms. The summed E-state index contributed by atoms with van der Waals surface area (Å²) in [5.41, 5.74) is 0.953. The van der Waals surface area contributed by atoms with Gasteiger partial charge in [0.05, 0.1) is 11.9 Å². The molecule has 0 saturated heterocycles. The second-order valence-electron chi connectivity index (χ2n) is 4.46. The zero-order valence-corrected chi connectivity index (χ0v) is 12.5. The Bertz CT molecular complexity index is 546. The SMILES string of the molecule is CC(C)NCc1cc(Oc2cncc(Br)c2)ccn1. The second kappa shape index (κ2) is 6.63. The summed E-state index contributed by atoms with van der Waals surface area (Å²) in [5, 5.41) is 3.32. The van der Waals surface area contributed by atoms with Crippen molar-refractivity contribution in [2.45, 2.75) is 26.4 Å². The van der Waals surface area contributed by atoms with Gasteiger partial charge in [-0.3, -0.25) is 9.97 Å². The Kier molecular flexibility index (Phi) is 4.87. The first-order chi connectivity index (χ1) is 9.13. The predicted octanol–water partition coefficient (Wildman–Crippen LogP) is 3.53. The molecule has 0 spiro atoms. The van der Waals surface area contributed by atoms with E-state index in [2.05, 4.69) is 45.1 Å². The first-order valence-electron chi connectivity index (χ1n) is 6.10. The molecule has 2 rings (SSSR count). The van der Waals surface area contributed by atoms with Crippen LogP contribution in [-0.2, 0) is 6.54 Å². The molecule has 2 aromatic rings. The number of ether oxygens (including phenoxy) is 1. The van der Waals surface area contributed by atoms with Crippen LogP contribution in [-0.4, -0.2) is 16.0 Å². The van der Waals surface area contributed by atoms with E-state index >= 15 is 0 Å². The van der Waals surface area contributed by atoms with Crippen molar-refractivity contribution in [1.29, 1.82) is 0 Å². The van der Waals surface area contributed by atoms with Gasteiger partial charge in [0.25, 0.3) is 0 Å². The summed E-state index contributed by atoms with van der Waals surface area (Å²) in [6.45, 7) is 4.94. The number of pyridine rings is 2. The maximum absolute atomic E-state index is 5.75. The van der Waals surface area contributed by atoms with Crippen LogP contribution in [0.25, 0.3) is 0 Å². The fourth-order valence-corrected chi connectivity index (χ4v) is 1.85.